The Morgan fingerprint density at radius 3 is 2.33 bits per heavy atom. The summed E-state index contributed by atoms with van der Waals surface area (Å²) in [7, 11) is -6.74. The third-order valence-electron chi connectivity index (χ3n) is 4.21. The largest absolute Gasteiger partial charge is 0.243 e. The molecule has 1 heterocycles. The molecule has 0 bridgehead atoms. The number of rotatable bonds is 3. The summed E-state index contributed by atoms with van der Waals surface area (Å²) in [5, 5.41) is 0. The smallest absolute Gasteiger partial charge is 0.229 e. The van der Waals surface area contributed by atoms with Crippen molar-refractivity contribution in [2.75, 3.05) is 18.1 Å². The predicted octanol–water partition coefficient (Wildman–Crippen LogP) is 1.19. The molecule has 1 aromatic rings. The third kappa shape index (κ3) is 3.00. The average molecular weight is 329 g/mol. The highest BCUT2D eigenvalue weighted by molar-refractivity contribution is 7.92. The number of sulfone groups is 1. The van der Waals surface area contributed by atoms with Gasteiger partial charge in [0.15, 0.2) is 9.84 Å². The summed E-state index contributed by atoms with van der Waals surface area (Å²) in [6, 6.07) is 6.32. The molecule has 0 aromatic heterocycles. The molecule has 2 aliphatic rings. The van der Waals surface area contributed by atoms with Crippen molar-refractivity contribution in [1.29, 1.82) is 0 Å². The van der Waals surface area contributed by atoms with Crippen molar-refractivity contribution in [2.24, 2.45) is 5.92 Å². The van der Waals surface area contributed by atoms with Crippen LogP contribution in [0.1, 0.15) is 18.4 Å². The van der Waals surface area contributed by atoms with Gasteiger partial charge in [0.1, 0.15) is 0 Å². The molecular formula is C14H19NO4S2. The number of hydrogen-bond donors (Lipinski definition) is 0. The van der Waals surface area contributed by atoms with Crippen LogP contribution in [0.5, 0.6) is 0 Å². The summed E-state index contributed by atoms with van der Waals surface area (Å²) < 4.78 is 50.6. The van der Waals surface area contributed by atoms with E-state index in [0.717, 1.165) is 18.4 Å². The van der Waals surface area contributed by atoms with Gasteiger partial charge >= 0.3 is 0 Å². The molecule has 1 atom stereocenters. The lowest BCUT2D eigenvalue weighted by Gasteiger charge is -2.34. The average Bonchev–Trinajstić information content (AvgIpc) is 3.22. The SMILES string of the molecule is Cc1ccc(S(=O)(=O)N2CCS(=O)(=O)C[C@H]2C2CC2)cc1. The highest BCUT2D eigenvalue weighted by atomic mass is 32.2. The summed E-state index contributed by atoms with van der Waals surface area (Å²) in [6.45, 7) is 1.97. The van der Waals surface area contributed by atoms with Crippen molar-refractivity contribution in [2.45, 2.75) is 30.7 Å². The molecule has 0 spiro atoms. The molecule has 7 heteroatoms. The number of hydrogen-bond acceptors (Lipinski definition) is 4. The maximum absolute atomic E-state index is 12.8. The minimum atomic E-state index is -3.61. The van der Waals surface area contributed by atoms with Crippen molar-refractivity contribution in [3.63, 3.8) is 0 Å². The molecule has 1 aromatic carbocycles. The van der Waals surface area contributed by atoms with Crippen LogP contribution in [0, 0.1) is 12.8 Å². The van der Waals surface area contributed by atoms with Crippen LogP contribution in [-0.4, -0.2) is 45.2 Å². The van der Waals surface area contributed by atoms with E-state index in [1.54, 1.807) is 24.3 Å². The zero-order valence-electron chi connectivity index (χ0n) is 11.9. The van der Waals surface area contributed by atoms with Gasteiger partial charge in [-0.15, -0.1) is 0 Å². The van der Waals surface area contributed by atoms with Crippen LogP contribution in [-0.2, 0) is 19.9 Å². The van der Waals surface area contributed by atoms with Crippen LogP contribution >= 0.6 is 0 Å². The Kier molecular flexibility index (Phi) is 3.62. The fourth-order valence-electron chi connectivity index (χ4n) is 2.82. The summed E-state index contributed by atoms with van der Waals surface area (Å²) in [5.41, 5.74) is 0.994. The lowest BCUT2D eigenvalue weighted by molar-refractivity contribution is 0.311. The lowest BCUT2D eigenvalue weighted by Crippen LogP contribution is -2.52. The molecule has 5 nitrogen and oxygen atoms in total. The van der Waals surface area contributed by atoms with Gasteiger partial charge in [0, 0.05) is 12.6 Å². The van der Waals surface area contributed by atoms with Crippen molar-refractivity contribution >= 4 is 19.9 Å². The molecule has 0 amide bonds. The van der Waals surface area contributed by atoms with Crippen molar-refractivity contribution in [1.82, 2.24) is 4.31 Å². The topological polar surface area (TPSA) is 71.5 Å². The first kappa shape index (κ1) is 15.0. The van der Waals surface area contributed by atoms with Gasteiger partial charge in [0.25, 0.3) is 0 Å². The highest BCUT2D eigenvalue weighted by Gasteiger charge is 2.46. The molecule has 1 saturated carbocycles. The summed E-state index contributed by atoms with van der Waals surface area (Å²) in [6.07, 6.45) is 1.83. The van der Waals surface area contributed by atoms with Crippen molar-refractivity contribution in [3.8, 4) is 0 Å². The fraction of sp³-hybridized carbons (Fsp3) is 0.571. The van der Waals surface area contributed by atoms with Crippen LogP contribution in [0.2, 0.25) is 0 Å². The quantitative estimate of drug-likeness (QED) is 0.835. The number of aryl methyl sites for hydroxylation is 1. The predicted molar refractivity (Wildman–Crippen MR) is 80.2 cm³/mol. The van der Waals surface area contributed by atoms with E-state index >= 15 is 0 Å². The second kappa shape index (κ2) is 5.07. The molecule has 1 aliphatic carbocycles. The summed E-state index contributed by atoms with van der Waals surface area (Å²) in [4.78, 5) is 0.248. The van der Waals surface area contributed by atoms with Gasteiger partial charge in [-0.2, -0.15) is 4.31 Å². The molecule has 1 aliphatic heterocycles. The van der Waals surface area contributed by atoms with Crippen LogP contribution < -0.4 is 0 Å². The first-order valence-electron chi connectivity index (χ1n) is 7.08. The minimum absolute atomic E-state index is 0.0389. The summed E-state index contributed by atoms with van der Waals surface area (Å²) in [5.74, 6) is 0.0738. The van der Waals surface area contributed by atoms with E-state index in [1.807, 2.05) is 6.92 Å². The number of benzene rings is 1. The Hall–Kier alpha value is -0.920. The molecule has 2 fully saturated rings. The number of sulfonamides is 1. The Morgan fingerprint density at radius 2 is 1.76 bits per heavy atom. The monoisotopic (exact) mass is 329 g/mol. The van der Waals surface area contributed by atoms with Crippen LogP contribution in [0.25, 0.3) is 0 Å². The second-order valence-corrected chi connectivity index (χ2v) is 10.1. The zero-order valence-corrected chi connectivity index (χ0v) is 13.5. The Morgan fingerprint density at radius 1 is 1.14 bits per heavy atom. The van der Waals surface area contributed by atoms with E-state index in [4.69, 9.17) is 0 Å². The van der Waals surface area contributed by atoms with Gasteiger partial charge in [-0.1, -0.05) is 17.7 Å². The molecule has 0 radical (unpaired) electrons. The Labute approximate surface area is 125 Å². The van der Waals surface area contributed by atoms with Crippen LogP contribution in [0.15, 0.2) is 29.2 Å². The lowest BCUT2D eigenvalue weighted by atomic mass is 10.2. The normalized spacial score (nSPS) is 26.6. The van der Waals surface area contributed by atoms with Gasteiger partial charge in [-0.3, -0.25) is 0 Å². The highest BCUT2D eigenvalue weighted by Crippen LogP contribution is 2.39. The first-order chi connectivity index (χ1) is 9.79. The van der Waals surface area contributed by atoms with E-state index in [-0.39, 0.29) is 28.9 Å². The molecule has 0 N–H and O–H groups in total. The fourth-order valence-corrected chi connectivity index (χ4v) is 6.33. The summed E-state index contributed by atoms with van der Waals surface area (Å²) >= 11 is 0. The zero-order chi connectivity index (χ0) is 15.3. The van der Waals surface area contributed by atoms with Gasteiger partial charge in [-0.05, 0) is 37.8 Å². The Balaban J connectivity index is 1.95. The maximum Gasteiger partial charge on any atom is 0.243 e. The molecule has 3 rings (SSSR count). The molecule has 116 valence electrons. The first-order valence-corrected chi connectivity index (χ1v) is 10.3. The van der Waals surface area contributed by atoms with Gasteiger partial charge in [-0.25, -0.2) is 16.8 Å². The van der Waals surface area contributed by atoms with E-state index in [1.165, 1.54) is 4.31 Å². The van der Waals surface area contributed by atoms with E-state index in [0.29, 0.717) is 0 Å². The van der Waals surface area contributed by atoms with Crippen LogP contribution in [0.4, 0.5) is 0 Å². The molecular weight excluding hydrogens is 310 g/mol. The van der Waals surface area contributed by atoms with Gasteiger partial charge in [0.05, 0.1) is 16.4 Å². The van der Waals surface area contributed by atoms with Crippen molar-refractivity contribution in [3.05, 3.63) is 29.8 Å². The van der Waals surface area contributed by atoms with E-state index < -0.39 is 25.9 Å². The van der Waals surface area contributed by atoms with Gasteiger partial charge in [0.2, 0.25) is 10.0 Å². The number of nitrogens with zero attached hydrogens (tertiary/aromatic N) is 1. The van der Waals surface area contributed by atoms with E-state index in [2.05, 4.69) is 0 Å². The van der Waals surface area contributed by atoms with E-state index in [9.17, 15) is 16.8 Å². The molecule has 21 heavy (non-hydrogen) atoms. The third-order valence-corrected chi connectivity index (χ3v) is 7.80. The Bertz CT molecular complexity index is 734. The second-order valence-electron chi connectivity index (χ2n) is 5.95. The molecule has 1 saturated heterocycles. The maximum atomic E-state index is 12.8. The minimum Gasteiger partial charge on any atom is -0.229 e. The van der Waals surface area contributed by atoms with Crippen LogP contribution in [0.3, 0.4) is 0 Å². The van der Waals surface area contributed by atoms with Crippen molar-refractivity contribution < 1.29 is 16.8 Å². The van der Waals surface area contributed by atoms with Gasteiger partial charge < -0.3 is 0 Å². The molecule has 0 unspecified atom stereocenters. The standard InChI is InChI=1S/C14H19NO4S2/c1-11-2-6-13(7-3-11)21(18,19)15-8-9-20(16,17)10-14(15)12-4-5-12/h2-3,6-7,12,14H,4-5,8-10H2,1H3/t14-/m0/s1.